The van der Waals surface area contributed by atoms with Crippen molar-refractivity contribution in [2.45, 2.75) is 6.92 Å². The Hall–Kier alpha value is -2.08. The molecule has 6 heteroatoms. The summed E-state index contributed by atoms with van der Waals surface area (Å²) in [4.78, 5) is 12.3. The molecule has 0 fully saturated rings. The van der Waals surface area contributed by atoms with E-state index < -0.39 is 11.7 Å². The number of amides is 1. The number of nitrogen functional groups attached to an aromatic ring is 1. The molecule has 2 aromatic rings. The third-order valence-electron chi connectivity index (χ3n) is 2.98. The molecule has 0 atom stereocenters. The molecule has 0 aliphatic rings. The largest absolute Gasteiger partial charge is 0.496 e. The number of rotatable bonds is 3. The summed E-state index contributed by atoms with van der Waals surface area (Å²) in [5.41, 5.74) is 7.55. The number of benzene rings is 2. The Kier molecular flexibility index (Phi) is 4.47. The van der Waals surface area contributed by atoms with Crippen molar-refractivity contribution in [2.75, 3.05) is 18.2 Å². The summed E-state index contributed by atoms with van der Waals surface area (Å²) in [6.45, 7) is 1.77. The first-order valence-corrected chi connectivity index (χ1v) is 6.92. The van der Waals surface area contributed by atoms with Gasteiger partial charge in [0, 0.05) is 11.4 Å². The van der Waals surface area contributed by atoms with Gasteiger partial charge in [-0.1, -0.05) is 0 Å². The van der Waals surface area contributed by atoms with Crippen LogP contribution in [-0.4, -0.2) is 13.0 Å². The molecule has 1 amide bonds. The summed E-state index contributed by atoms with van der Waals surface area (Å²) in [6, 6.07) is 7.62. The zero-order chi connectivity index (χ0) is 15.6. The third kappa shape index (κ3) is 3.33. The van der Waals surface area contributed by atoms with E-state index in [-0.39, 0.29) is 0 Å². The molecule has 0 bridgehead atoms. The number of carbonyl (C=O) groups is 1. The summed E-state index contributed by atoms with van der Waals surface area (Å²) in [7, 11) is 1.47. The molecule has 110 valence electrons. The number of hydrogen-bond donors (Lipinski definition) is 2. The second-order valence-corrected chi connectivity index (χ2v) is 5.35. The van der Waals surface area contributed by atoms with Gasteiger partial charge in [-0.05, 0) is 58.7 Å². The van der Waals surface area contributed by atoms with Crippen LogP contribution in [0.3, 0.4) is 0 Å². The molecule has 0 heterocycles. The van der Waals surface area contributed by atoms with Crippen LogP contribution in [0.15, 0.2) is 34.8 Å². The smallest absolute Gasteiger partial charge is 0.259 e. The van der Waals surface area contributed by atoms with Crippen molar-refractivity contribution < 1.29 is 13.9 Å². The van der Waals surface area contributed by atoms with Crippen LogP contribution >= 0.6 is 15.9 Å². The molecule has 21 heavy (non-hydrogen) atoms. The fraction of sp³-hybridized carbons (Fsp3) is 0.133. The Morgan fingerprint density at radius 2 is 2.05 bits per heavy atom. The van der Waals surface area contributed by atoms with Crippen LogP contribution in [0.5, 0.6) is 5.75 Å². The van der Waals surface area contributed by atoms with Crippen LogP contribution in [0.25, 0.3) is 0 Å². The Morgan fingerprint density at radius 1 is 1.33 bits per heavy atom. The number of nitrogens with one attached hydrogen (secondary N) is 1. The Bertz CT molecular complexity index is 704. The van der Waals surface area contributed by atoms with Crippen LogP contribution in [-0.2, 0) is 0 Å². The van der Waals surface area contributed by atoms with Crippen molar-refractivity contribution in [1.82, 2.24) is 0 Å². The van der Waals surface area contributed by atoms with E-state index in [1.807, 2.05) is 0 Å². The molecule has 3 N–H and O–H groups in total. The second kappa shape index (κ2) is 6.13. The minimum absolute atomic E-state index is 0.292. The monoisotopic (exact) mass is 352 g/mol. The molecular weight excluding hydrogens is 339 g/mol. The number of ether oxygens (including phenoxy) is 1. The summed E-state index contributed by atoms with van der Waals surface area (Å²) in [5.74, 6) is -0.462. The SMILES string of the molecule is COc1ccc(N)cc1C(=O)Nc1cc(F)c(Br)cc1C. The van der Waals surface area contributed by atoms with Crippen molar-refractivity contribution in [3.63, 3.8) is 0 Å². The van der Waals surface area contributed by atoms with Crippen LogP contribution in [0.2, 0.25) is 0 Å². The predicted octanol–water partition coefficient (Wildman–Crippen LogP) is 3.74. The molecule has 0 unspecified atom stereocenters. The van der Waals surface area contributed by atoms with Crippen LogP contribution in [0.4, 0.5) is 15.8 Å². The van der Waals surface area contributed by atoms with Gasteiger partial charge in [-0.2, -0.15) is 0 Å². The minimum Gasteiger partial charge on any atom is -0.496 e. The molecular formula is C15H14BrFN2O2. The number of halogens is 2. The molecule has 0 saturated heterocycles. The molecule has 0 saturated carbocycles. The highest BCUT2D eigenvalue weighted by molar-refractivity contribution is 9.10. The van der Waals surface area contributed by atoms with Gasteiger partial charge in [0.05, 0.1) is 17.1 Å². The topological polar surface area (TPSA) is 64.3 Å². The van der Waals surface area contributed by atoms with E-state index in [9.17, 15) is 9.18 Å². The fourth-order valence-electron chi connectivity index (χ4n) is 1.87. The van der Waals surface area contributed by atoms with Gasteiger partial charge in [0.15, 0.2) is 0 Å². The summed E-state index contributed by atoms with van der Waals surface area (Å²) >= 11 is 3.10. The standard InChI is InChI=1S/C15H14BrFN2O2/c1-8-5-11(16)12(17)7-13(8)19-15(20)10-6-9(18)3-4-14(10)21-2/h3-7H,18H2,1-2H3,(H,19,20). The van der Waals surface area contributed by atoms with Crippen molar-refractivity contribution >= 4 is 33.2 Å². The lowest BCUT2D eigenvalue weighted by molar-refractivity contribution is 0.102. The highest BCUT2D eigenvalue weighted by Gasteiger charge is 2.15. The molecule has 0 aromatic heterocycles. The maximum absolute atomic E-state index is 13.6. The fourth-order valence-corrected chi connectivity index (χ4v) is 2.33. The maximum Gasteiger partial charge on any atom is 0.259 e. The average Bonchev–Trinajstić information content (AvgIpc) is 2.44. The van der Waals surface area contributed by atoms with Gasteiger partial charge < -0.3 is 15.8 Å². The van der Waals surface area contributed by atoms with Gasteiger partial charge >= 0.3 is 0 Å². The Balaban J connectivity index is 2.34. The highest BCUT2D eigenvalue weighted by atomic mass is 79.9. The highest BCUT2D eigenvalue weighted by Crippen LogP contribution is 2.26. The number of carbonyl (C=O) groups excluding carboxylic acids is 1. The van der Waals surface area contributed by atoms with E-state index in [2.05, 4.69) is 21.2 Å². The summed E-state index contributed by atoms with van der Waals surface area (Å²) in [5, 5.41) is 2.66. The molecule has 0 radical (unpaired) electrons. The summed E-state index contributed by atoms with van der Waals surface area (Å²) < 4.78 is 19.1. The van der Waals surface area contributed by atoms with Crippen molar-refractivity contribution in [3.05, 3.63) is 51.7 Å². The zero-order valence-electron chi connectivity index (χ0n) is 11.5. The van der Waals surface area contributed by atoms with Crippen LogP contribution in [0.1, 0.15) is 15.9 Å². The van der Waals surface area contributed by atoms with Gasteiger partial charge in [-0.25, -0.2) is 4.39 Å². The van der Waals surface area contributed by atoms with E-state index in [0.717, 1.165) is 5.56 Å². The van der Waals surface area contributed by atoms with Gasteiger partial charge in [-0.15, -0.1) is 0 Å². The number of anilines is 2. The molecule has 4 nitrogen and oxygen atoms in total. The minimum atomic E-state index is -0.449. The van der Waals surface area contributed by atoms with Gasteiger partial charge in [0.1, 0.15) is 11.6 Å². The molecule has 2 rings (SSSR count). The van der Waals surface area contributed by atoms with E-state index in [0.29, 0.717) is 27.2 Å². The van der Waals surface area contributed by atoms with E-state index >= 15 is 0 Å². The van der Waals surface area contributed by atoms with E-state index in [1.165, 1.54) is 19.2 Å². The zero-order valence-corrected chi connectivity index (χ0v) is 13.1. The lowest BCUT2D eigenvalue weighted by Gasteiger charge is -2.12. The normalized spacial score (nSPS) is 10.3. The van der Waals surface area contributed by atoms with Crippen LogP contribution < -0.4 is 15.8 Å². The third-order valence-corrected chi connectivity index (χ3v) is 3.59. The van der Waals surface area contributed by atoms with Gasteiger partial charge in [0.25, 0.3) is 5.91 Å². The van der Waals surface area contributed by atoms with Crippen LogP contribution in [0, 0.1) is 12.7 Å². The number of hydrogen-bond acceptors (Lipinski definition) is 3. The number of methoxy groups -OCH3 is 1. The lowest BCUT2D eigenvalue weighted by Crippen LogP contribution is -2.14. The Labute approximate surface area is 130 Å². The quantitative estimate of drug-likeness (QED) is 0.827. The van der Waals surface area contributed by atoms with E-state index in [1.54, 1.807) is 25.1 Å². The molecule has 0 aliphatic carbocycles. The van der Waals surface area contributed by atoms with Crippen molar-refractivity contribution in [3.8, 4) is 5.75 Å². The molecule has 0 aliphatic heterocycles. The average molecular weight is 353 g/mol. The Morgan fingerprint density at radius 3 is 2.71 bits per heavy atom. The van der Waals surface area contributed by atoms with Crippen molar-refractivity contribution in [2.24, 2.45) is 0 Å². The first-order valence-electron chi connectivity index (χ1n) is 6.13. The number of nitrogens with two attached hydrogens (primary N) is 1. The van der Waals surface area contributed by atoms with E-state index in [4.69, 9.17) is 10.5 Å². The molecule has 0 spiro atoms. The first kappa shape index (κ1) is 15.3. The number of aryl methyl sites for hydroxylation is 1. The lowest BCUT2D eigenvalue weighted by atomic mass is 10.1. The first-order chi connectivity index (χ1) is 9.92. The van der Waals surface area contributed by atoms with Gasteiger partial charge in [0.2, 0.25) is 0 Å². The maximum atomic E-state index is 13.6. The van der Waals surface area contributed by atoms with Crippen molar-refractivity contribution in [1.29, 1.82) is 0 Å². The molecule has 2 aromatic carbocycles. The second-order valence-electron chi connectivity index (χ2n) is 4.50. The predicted molar refractivity (Wildman–Crippen MR) is 84.2 cm³/mol. The van der Waals surface area contributed by atoms with Gasteiger partial charge in [-0.3, -0.25) is 4.79 Å². The summed E-state index contributed by atoms with van der Waals surface area (Å²) in [6.07, 6.45) is 0.